The Morgan fingerprint density at radius 2 is 1.81 bits per heavy atom. The zero-order valence-electron chi connectivity index (χ0n) is 21.1. The molecule has 0 aliphatic carbocycles. The minimum absolute atomic E-state index is 0.513. The van der Waals surface area contributed by atoms with Crippen molar-refractivity contribution in [2.24, 2.45) is 5.92 Å². The fourth-order valence-corrected chi connectivity index (χ4v) is 5.12. The maximum absolute atomic E-state index is 6.13. The van der Waals surface area contributed by atoms with E-state index in [4.69, 9.17) is 9.72 Å². The van der Waals surface area contributed by atoms with Crippen LogP contribution in [-0.4, -0.2) is 56.5 Å². The van der Waals surface area contributed by atoms with Gasteiger partial charge in [0.25, 0.3) is 0 Å². The molecule has 36 heavy (non-hydrogen) atoms. The SMILES string of the molecule is CC(C)Cc1nc(-c2ccc3[nH]nc(-c4ccc5cc(OCC6CCCN6C)ccc5c4)c3c2)n[nH]1. The number of ether oxygens (including phenoxy) is 1. The number of hydrogen-bond donors (Lipinski definition) is 2. The number of likely N-dealkylation sites (N-methyl/N-ethyl adjacent to an activating group) is 1. The van der Waals surface area contributed by atoms with Crippen LogP contribution in [-0.2, 0) is 6.42 Å². The zero-order valence-corrected chi connectivity index (χ0v) is 21.1. The van der Waals surface area contributed by atoms with E-state index in [-0.39, 0.29) is 0 Å². The molecule has 3 aromatic carbocycles. The molecule has 1 aliphatic rings. The second-order valence-corrected chi connectivity index (χ2v) is 10.3. The van der Waals surface area contributed by atoms with Crippen LogP contribution in [0.2, 0.25) is 0 Å². The van der Waals surface area contributed by atoms with Crippen molar-refractivity contribution >= 4 is 21.7 Å². The topological polar surface area (TPSA) is 82.7 Å². The second kappa shape index (κ2) is 9.39. The maximum atomic E-state index is 6.13. The molecule has 0 saturated carbocycles. The number of rotatable bonds is 7. The summed E-state index contributed by atoms with van der Waals surface area (Å²) in [7, 11) is 2.18. The fraction of sp³-hybridized carbons (Fsp3) is 0.345. The van der Waals surface area contributed by atoms with Crippen LogP contribution in [0.1, 0.15) is 32.5 Å². The minimum Gasteiger partial charge on any atom is -0.492 e. The monoisotopic (exact) mass is 480 g/mol. The first kappa shape index (κ1) is 22.7. The summed E-state index contributed by atoms with van der Waals surface area (Å²) in [4.78, 5) is 7.08. The number of benzene rings is 3. The standard InChI is InChI=1S/C29H32N6O/c1-18(2)13-27-30-29(34-32-27)22-9-11-26-25(16-22)28(33-31-26)21-7-6-20-15-24(10-8-19(20)14-21)36-17-23-5-4-12-35(23)3/h6-11,14-16,18,23H,4-5,12-13,17H2,1-3H3,(H,31,33)(H,30,32,34). The highest BCUT2D eigenvalue weighted by Crippen LogP contribution is 2.32. The quantitative estimate of drug-likeness (QED) is 0.306. The summed E-state index contributed by atoms with van der Waals surface area (Å²) >= 11 is 0. The van der Waals surface area contributed by atoms with E-state index in [0.717, 1.165) is 75.5 Å². The van der Waals surface area contributed by atoms with Crippen molar-refractivity contribution in [1.29, 1.82) is 0 Å². The van der Waals surface area contributed by atoms with E-state index < -0.39 is 0 Å². The van der Waals surface area contributed by atoms with E-state index in [2.05, 4.69) is 88.7 Å². The summed E-state index contributed by atoms with van der Waals surface area (Å²) in [6, 6.07) is 19.5. The third-order valence-electron chi connectivity index (χ3n) is 7.15. The molecule has 1 unspecified atom stereocenters. The third-order valence-corrected chi connectivity index (χ3v) is 7.15. The molecule has 1 aliphatic heterocycles. The summed E-state index contributed by atoms with van der Waals surface area (Å²) in [5.74, 6) is 3.09. The Morgan fingerprint density at radius 3 is 2.64 bits per heavy atom. The fourth-order valence-electron chi connectivity index (χ4n) is 5.12. The molecule has 6 rings (SSSR count). The Balaban J connectivity index is 1.27. The van der Waals surface area contributed by atoms with E-state index in [1.165, 1.54) is 12.8 Å². The van der Waals surface area contributed by atoms with Crippen LogP contribution in [0.5, 0.6) is 5.75 Å². The van der Waals surface area contributed by atoms with Crippen molar-refractivity contribution in [2.45, 2.75) is 39.2 Å². The van der Waals surface area contributed by atoms with Gasteiger partial charge in [-0.15, -0.1) is 0 Å². The van der Waals surface area contributed by atoms with Crippen LogP contribution in [0.4, 0.5) is 0 Å². The summed E-state index contributed by atoms with van der Waals surface area (Å²) in [5, 5.41) is 18.7. The van der Waals surface area contributed by atoms with E-state index >= 15 is 0 Å². The van der Waals surface area contributed by atoms with Crippen LogP contribution < -0.4 is 4.74 Å². The van der Waals surface area contributed by atoms with Gasteiger partial charge in [-0.2, -0.15) is 10.2 Å². The summed E-state index contributed by atoms with van der Waals surface area (Å²) in [6.45, 7) is 6.26. The van der Waals surface area contributed by atoms with Crippen molar-refractivity contribution in [3.05, 3.63) is 60.4 Å². The molecule has 1 atom stereocenters. The first-order valence-electron chi connectivity index (χ1n) is 12.8. The normalized spacial score (nSPS) is 16.5. The molecule has 5 aromatic rings. The van der Waals surface area contributed by atoms with Crippen LogP contribution in [0.15, 0.2) is 54.6 Å². The number of fused-ring (bicyclic) bond motifs is 2. The predicted octanol–water partition coefficient (Wildman–Crippen LogP) is 5.84. The van der Waals surface area contributed by atoms with Crippen LogP contribution in [0.25, 0.3) is 44.3 Å². The number of aromatic nitrogens is 5. The Kier molecular flexibility index (Phi) is 5.93. The van der Waals surface area contributed by atoms with Crippen LogP contribution in [0.3, 0.4) is 0 Å². The van der Waals surface area contributed by atoms with Crippen molar-refractivity contribution in [2.75, 3.05) is 20.2 Å². The molecule has 0 radical (unpaired) electrons. The van der Waals surface area contributed by atoms with Gasteiger partial charge in [-0.25, -0.2) is 4.98 Å². The summed E-state index contributed by atoms with van der Waals surface area (Å²) in [6.07, 6.45) is 3.35. The zero-order chi connectivity index (χ0) is 24.6. The molecule has 7 nitrogen and oxygen atoms in total. The molecule has 3 heterocycles. The van der Waals surface area contributed by atoms with Gasteiger partial charge in [0, 0.05) is 29.0 Å². The lowest BCUT2D eigenvalue weighted by Gasteiger charge is -2.19. The summed E-state index contributed by atoms with van der Waals surface area (Å²) in [5.41, 5.74) is 3.97. The first-order chi connectivity index (χ1) is 17.5. The van der Waals surface area contributed by atoms with E-state index in [0.29, 0.717) is 12.0 Å². The molecule has 0 bridgehead atoms. The lowest BCUT2D eigenvalue weighted by Crippen LogP contribution is -2.30. The minimum atomic E-state index is 0.513. The molecule has 184 valence electrons. The smallest absolute Gasteiger partial charge is 0.181 e. The molecule has 7 heteroatoms. The van der Waals surface area contributed by atoms with Crippen molar-refractivity contribution in [3.8, 4) is 28.4 Å². The van der Waals surface area contributed by atoms with Gasteiger partial charge >= 0.3 is 0 Å². The van der Waals surface area contributed by atoms with Gasteiger partial charge in [0.1, 0.15) is 18.2 Å². The Hall–Kier alpha value is -3.71. The van der Waals surface area contributed by atoms with Gasteiger partial charge in [-0.05, 0) is 79.5 Å². The average Bonchev–Trinajstić information content (AvgIpc) is 3.61. The van der Waals surface area contributed by atoms with Gasteiger partial charge in [-0.3, -0.25) is 10.2 Å². The number of nitrogens with one attached hydrogen (secondary N) is 2. The Bertz CT molecular complexity index is 1520. The number of aromatic amines is 2. The van der Waals surface area contributed by atoms with Gasteiger partial charge in [-0.1, -0.05) is 32.0 Å². The van der Waals surface area contributed by atoms with Crippen LogP contribution >= 0.6 is 0 Å². The van der Waals surface area contributed by atoms with Gasteiger partial charge < -0.3 is 9.64 Å². The molecule has 2 aromatic heterocycles. The van der Waals surface area contributed by atoms with Crippen LogP contribution in [0, 0.1) is 5.92 Å². The van der Waals surface area contributed by atoms with E-state index in [1.807, 2.05) is 12.1 Å². The van der Waals surface area contributed by atoms with Crippen molar-refractivity contribution in [3.63, 3.8) is 0 Å². The van der Waals surface area contributed by atoms with E-state index in [9.17, 15) is 0 Å². The number of H-pyrrole nitrogens is 2. The summed E-state index contributed by atoms with van der Waals surface area (Å²) < 4.78 is 6.13. The molecule has 2 N–H and O–H groups in total. The molecular weight excluding hydrogens is 448 g/mol. The maximum Gasteiger partial charge on any atom is 0.181 e. The average molecular weight is 481 g/mol. The predicted molar refractivity (Wildman–Crippen MR) is 144 cm³/mol. The molecule has 0 amide bonds. The second-order valence-electron chi connectivity index (χ2n) is 10.3. The molecule has 0 spiro atoms. The lowest BCUT2D eigenvalue weighted by atomic mass is 10.0. The number of likely N-dealkylation sites (tertiary alicyclic amines) is 1. The van der Waals surface area contributed by atoms with E-state index in [1.54, 1.807) is 0 Å². The highest BCUT2D eigenvalue weighted by molar-refractivity contribution is 5.97. The highest BCUT2D eigenvalue weighted by Gasteiger charge is 2.21. The Morgan fingerprint density at radius 1 is 0.972 bits per heavy atom. The van der Waals surface area contributed by atoms with Gasteiger partial charge in [0.2, 0.25) is 0 Å². The first-order valence-corrected chi connectivity index (χ1v) is 12.8. The molecule has 1 saturated heterocycles. The third kappa shape index (κ3) is 4.46. The van der Waals surface area contributed by atoms with Crippen molar-refractivity contribution < 1.29 is 4.74 Å². The largest absolute Gasteiger partial charge is 0.492 e. The van der Waals surface area contributed by atoms with Gasteiger partial charge in [0.05, 0.1) is 11.2 Å². The number of nitrogens with zero attached hydrogens (tertiary/aromatic N) is 4. The molecular formula is C29H32N6O. The highest BCUT2D eigenvalue weighted by atomic mass is 16.5. The van der Waals surface area contributed by atoms with Gasteiger partial charge in [0.15, 0.2) is 5.82 Å². The molecule has 1 fully saturated rings. The van der Waals surface area contributed by atoms with Crippen molar-refractivity contribution in [1.82, 2.24) is 30.3 Å². The Labute approximate surface area is 210 Å². The number of hydrogen-bond acceptors (Lipinski definition) is 5. The lowest BCUT2D eigenvalue weighted by molar-refractivity contribution is 0.198.